The van der Waals surface area contributed by atoms with Gasteiger partial charge >= 0.3 is 0 Å². The van der Waals surface area contributed by atoms with Crippen molar-refractivity contribution in [2.24, 2.45) is 0 Å². The van der Waals surface area contributed by atoms with Crippen LogP contribution in [0.5, 0.6) is 0 Å². The van der Waals surface area contributed by atoms with Crippen molar-refractivity contribution in [3.05, 3.63) is 64.4 Å². The van der Waals surface area contributed by atoms with Crippen molar-refractivity contribution in [2.45, 2.75) is 13.0 Å². The van der Waals surface area contributed by atoms with E-state index in [9.17, 15) is 10.1 Å². The second kappa shape index (κ2) is 6.18. The zero-order chi connectivity index (χ0) is 14.5. The third-order valence-corrected chi connectivity index (χ3v) is 3.21. The third-order valence-electron chi connectivity index (χ3n) is 2.91. The number of benzene rings is 1. The molecule has 20 heavy (non-hydrogen) atoms. The minimum atomic E-state index is -0.722. The molecule has 0 aliphatic rings. The number of carbonyl (C=O) groups excluding carboxylic acids is 1. The van der Waals surface area contributed by atoms with Gasteiger partial charge in [-0.2, -0.15) is 5.26 Å². The topological polar surface area (TPSA) is 65.8 Å². The number of aromatic nitrogens is 1. The first-order valence-corrected chi connectivity index (χ1v) is 6.38. The summed E-state index contributed by atoms with van der Waals surface area (Å²) in [5.74, 6) is -0.419. The number of halogens is 1. The smallest absolute Gasteiger partial charge is 0.255 e. The van der Waals surface area contributed by atoms with Gasteiger partial charge in [-0.05, 0) is 30.2 Å². The summed E-state index contributed by atoms with van der Waals surface area (Å²) in [5, 5.41) is 12.0. The molecule has 0 spiro atoms. The predicted molar refractivity (Wildman–Crippen MR) is 76.2 cm³/mol. The van der Waals surface area contributed by atoms with E-state index in [-0.39, 0.29) is 10.7 Å². The van der Waals surface area contributed by atoms with Gasteiger partial charge in [-0.15, -0.1) is 0 Å². The van der Waals surface area contributed by atoms with E-state index < -0.39 is 11.9 Å². The Kier molecular flexibility index (Phi) is 4.34. The van der Waals surface area contributed by atoms with Crippen molar-refractivity contribution < 1.29 is 4.79 Å². The van der Waals surface area contributed by atoms with Crippen LogP contribution in [0, 0.1) is 18.3 Å². The Morgan fingerprint density at radius 2 is 2.10 bits per heavy atom. The molecule has 1 atom stereocenters. The van der Waals surface area contributed by atoms with Crippen LogP contribution in [0.1, 0.15) is 27.5 Å². The number of hydrogen-bond donors (Lipinski definition) is 1. The summed E-state index contributed by atoms with van der Waals surface area (Å²) in [7, 11) is 0. The zero-order valence-electron chi connectivity index (χ0n) is 10.8. The summed E-state index contributed by atoms with van der Waals surface area (Å²) in [6.07, 6.45) is 1.50. The Hall–Kier alpha value is -2.38. The molecule has 0 saturated heterocycles. The number of nitrogens with one attached hydrogen (secondary N) is 1. The number of carbonyl (C=O) groups is 1. The van der Waals surface area contributed by atoms with Crippen LogP contribution in [-0.4, -0.2) is 10.9 Å². The van der Waals surface area contributed by atoms with Crippen molar-refractivity contribution in [1.82, 2.24) is 10.3 Å². The van der Waals surface area contributed by atoms with Crippen LogP contribution < -0.4 is 5.32 Å². The molecular weight excluding hydrogens is 274 g/mol. The maximum Gasteiger partial charge on any atom is 0.255 e. The number of pyridine rings is 1. The lowest BCUT2D eigenvalue weighted by Gasteiger charge is -2.14. The quantitative estimate of drug-likeness (QED) is 0.882. The Balaban J connectivity index is 2.24. The van der Waals surface area contributed by atoms with Gasteiger partial charge in [0.15, 0.2) is 0 Å². The molecule has 0 saturated carbocycles. The van der Waals surface area contributed by atoms with Gasteiger partial charge in [0.1, 0.15) is 11.2 Å². The fourth-order valence-corrected chi connectivity index (χ4v) is 2.06. The van der Waals surface area contributed by atoms with Crippen LogP contribution >= 0.6 is 11.6 Å². The Labute approximate surface area is 122 Å². The lowest BCUT2D eigenvalue weighted by molar-refractivity contribution is 0.0945. The zero-order valence-corrected chi connectivity index (χ0v) is 11.6. The van der Waals surface area contributed by atoms with Gasteiger partial charge in [-0.3, -0.25) is 4.79 Å². The molecule has 100 valence electrons. The Morgan fingerprint density at radius 1 is 1.35 bits per heavy atom. The minimum Gasteiger partial charge on any atom is -0.332 e. The highest BCUT2D eigenvalue weighted by Crippen LogP contribution is 2.18. The molecule has 0 bridgehead atoms. The molecule has 0 fully saturated rings. The summed E-state index contributed by atoms with van der Waals surface area (Å²) >= 11 is 5.87. The Morgan fingerprint density at radius 3 is 2.75 bits per heavy atom. The van der Waals surface area contributed by atoms with Crippen molar-refractivity contribution in [1.29, 1.82) is 5.26 Å². The van der Waals surface area contributed by atoms with Crippen LogP contribution in [0.2, 0.25) is 5.15 Å². The van der Waals surface area contributed by atoms with Gasteiger partial charge in [0, 0.05) is 6.20 Å². The van der Waals surface area contributed by atoms with Gasteiger partial charge in [0.05, 0.1) is 11.6 Å². The molecule has 1 N–H and O–H groups in total. The highest BCUT2D eigenvalue weighted by molar-refractivity contribution is 6.32. The van der Waals surface area contributed by atoms with Gasteiger partial charge in [0.2, 0.25) is 0 Å². The molecule has 5 heteroatoms. The molecule has 1 aromatic heterocycles. The molecule has 0 unspecified atom stereocenters. The van der Waals surface area contributed by atoms with E-state index in [0.717, 1.165) is 11.1 Å². The lowest BCUT2D eigenvalue weighted by Crippen LogP contribution is -2.28. The molecular formula is C15H12ClN3O. The van der Waals surface area contributed by atoms with E-state index in [1.54, 1.807) is 12.1 Å². The highest BCUT2D eigenvalue weighted by atomic mass is 35.5. The van der Waals surface area contributed by atoms with E-state index in [1.807, 2.05) is 31.2 Å². The number of nitrogens with zero attached hydrogens (tertiary/aromatic N) is 2. The number of aryl methyl sites for hydroxylation is 1. The summed E-state index contributed by atoms with van der Waals surface area (Å²) in [6, 6.07) is 12.0. The number of amides is 1. The van der Waals surface area contributed by atoms with E-state index in [1.165, 1.54) is 6.20 Å². The monoisotopic (exact) mass is 285 g/mol. The SMILES string of the molecule is Cc1ccccc1[C@@H](C#N)NC(=O)c1cccnc1Cl. The second-order valence-corrected chi connectivity index (χ2v) is 4.59. The number of nitriles is 1. The van der Waals surface area contributed by atoms with Gasteiger partial charge < -0.3 is 5.32 Å². The molecule has 0 aliphatic heterocycles. The highest BCUT2D eigenvalue weighted by Gasteiger charge is 2.18. The maximum absolute atomic E-state index is 12.1. The largest absolute Gasteiger partial charge is 0.332 e. The van der Waals surface area contributed by atoms with E-state index >= 15 is 0 Å². The fourth-order valence-electron chi connectivity index (χ4n) is 1.85. The van der Waals surface area contributed by atoms with Gasteiger partial charge in [-0.25, -0.2) is 4.98 Å². The van der Waals surface area contributed by atoms with E-state index in [0.29, 0.717) is 0 Å². The van der Waals surface area contributed by atoms with Crippen LogP contribution in [0.4, 0.5) is 0 Å². The normalized spacial score (nSPS) is 11.4. The third kappa shape index (κ3) is 2.95. The standard InChI is InChI=1S/C15H12ClN3O/c1-10-5-2-3-6-11(10)13(9-17)19-15(20)12-7-4-8-18-14(12)16/h2-8,13H,1H3,(H,19,20)/t13-/m1/s1. The predicted octanol–water partition coefficient (Wildman–Crippen LogP) is 3.04. The van der Waals surface area contributed by atoms with Crippen molar-refractivity contribution in [3.63, 3.8) is 0 Å². The molecule has 0 radical (unpaired) electrons. The van der Waals surface area contributed by atoms with Crippen LogP contribution in [-0.2, 0) is 0 Å². The average Bonchev–Trinajstić information content (AvgIpc) is 2.46. The van der Waals surface area contributed by atoms with Crippen molar-refractivity contribution in [2.75, 3.05) is 0 Å². The van der Waals surface area contributed by atoms with Crippen LogP contribution in [0.25, 0.3) is 0 Å². The number of hydrogen-bond acceptors (Lipinski definition) is 3. The average molecular weight is 286 g/mol. The van der Waals surface area contributed by atoms with Crippen LogP contribution in [0.3, 0.4) is 0 Å². The summed E-state index contributed by atoms with van der Waals surface area (Å²) in [6.45, 7) is 1.89. The first-order chi connectivity index (χ1) is 9.63. The molecule has 1 heterocycles. The molecule has 0 aliphatic carbocycles. The molecule has 2 rings (SSSR count). The maximum atomic E-state index is 12.1. The molecule has 4 nitrogen and oxygen atoms in total. The summed E-state index contributed by atoms with van der Waals surface area (Å²) in [5.41, 5.74) is 1.96. The number of rotatable bonds is 3. The molecule has 1 aromatic carbocycles. The van der Waals surface area contributed by atoms with Gasteiger partial charge in [0.25, 0.3) is 5.91 Å². The van der Waals surface area contributed by atoms with E-state index in [2.05, 4.69) is 16.4 Å². The lowest BCUT2D eigenvalue weighted by atomic mass is 10.0. The van der Waals surface area contributed by atoms with Crippen molar-refractivity contribution >= 4 is 17.5 Å². The minimum absolute atomic E-state index is 0.117. The van der Waals surface area contributed by atoms with Crippen LogP contribution in [0.15, 0.2) is 42.6 Å². The molecule has 1 amide bonds. The first kappa shape index (κ1) is 14.0. The Bertz CT molecular complexity index is 679. The first-order valence-electron chi connectivity index (χ1n) is 6.00. The summed E-state index contributed by atoms with van der Waals surface area (Å²) in [4.78, 5) is 16.0. The molecule has 2 aromatic rings. The van der Waals surface area contributed by atoms with Crippen molar-refractivity contribution in [3.8, 4) is 6.07 Å². The van der Waals surface area contributed by atoms with E-state index in [4.69, 9.17) is 11.6 Å². The fraction of sp³-hybridized carbons (Fsp3) is 0.133. The van der Waals surface area contributed by atoms with Gasteiger partial charge in [-0.1, -0.05) is 35.9 Å². The summed E-state index contributed by atoms with van der Waals surface area (Å²) < 4.78 is 0. The second-order valence-electron chi connectivity index (χ2n) is 4.23.